The fourth-order valence-electron chi connectivity index (χ4n) is 4.35. The van der Waals surface area contributed by atoms with Gasteiger partial charge in [-0.25, -0.2) is 4.68 Å². The number of nitrogens with zero attached hydrogens (tertiary/aromatic N) is 3. The largest absolute Gasteiger partial charge is 0.456 e. The van der Waals surface area contributed by atoms with Gasteiger partial charge in [-0.2, -0.15) is 0 Å². The van der Waals surface area contributed by atoms with Crippen LogP contribution in [0.15, 0.2) is 78.4 Å². The molecule has 2 heterocycles. The Labute approximate surface area is 156 Å². The van der Waals surface area contributed by atoms with Crippen molar-refractivity contribution in [1.29, 1.82) is 0 Å². The molecule has 0 spiro atoms. The zero-order valence-corrected chi connectivity index (χ0v) is 14.7. The van der Waals surface area contributed by atoms with Crippen LogP contribution >= 0.6 is 0 Å². The van der Waals surface area contributed by atoms with Crippen LogP contribution in [0.1, 0.15) is 29.2 Å². The molecule has 4 aromatic rings. The summed E-state index contributed by atoms with van der Waals surface area (Å²) in [4.78, 5) is 0. The molecule has 4 heteroatoms. The van der Waals surface area contributed by atoms with Crippen molar-refractivity contribution in [2.24, 2.45) is 0 Å². The summed E-state index contributed by atoms with van der Waals surface area (Å²) >= 11 is 0. The number of para-hydroxylation sites is 2. The van der Waals surface area contributed by atoms with E-state index < -0.39 is 0 Å². The molecule has 0 saturated heterocycles. The smallest absolute Gasteiger partial charge is 0.136 e. The summed E-state index contributed by atoms with van der Waals surface area (Å²) in [5.41, 5.74) is 6.93. The van der Waals surface area contributed by atoms with Crippen molar-refractivity contribution in [3.63, 3.8) is 0 Å². The van der Waals surface area contributed by atoms with Crippen molar-refractivity contribution in [3.05, 3.63) is 95.1 Å². The van der Waals surface area contributed by atoms with Crippen LogP contribution in [0.25, 0.3) is 16.8 Å². The van der Waals surface area contributed by atoms with Gasteiger partial charge in [-0.05, 0) is 36.6 Å². The molecular weight excluding hydrogens is 334 g/mol. The van der Waals surface area contributed by atoms with Gasteiger partial charge in [-0.15, -0.1) is 5.10 Å². The summed E-state index contributed by atoms with van der Waals surface area (Å²) < 4.78 is 8.48. The first-order valence-corrected chi connectivity index (χ1v) is 9.28. The molecule has 0 bridgehead atoms. The second-order valence-electron chi connectivity index (χ2n) is 7.08. The number of fused-ring (bicyclic) bond motifs is 4. The lowest BCUT2D eigenvalue weighted by Gasteiger charge is -2.34. The number of ether oxygens (including phenoxy) is 1. The Morgan fingerprint density at radius 3 is 2.67 bits per heavy atom. The number of benzene rings is 3. The number of aryl methyl sites for hydroxylation is 1. The van der Waals surface area contributed by atoms with Crippen molar-refractivity contribution >= 4 is 16.8 Å². The summed E-state index contributed by atoms with van der Waals surface area (Å²) in [5, 5.41) is 8.94. The highest BCUT2D eigenvalue weighted by atomic mass is 16.5. The summed E-state index contributed by atoms with van der Waals surface area (Å²) in [6.45, 7) is 0. The van der Waals surface area contributed by atoms with Gasteiger partial charge in [0.25, 0.3) is 0 Å². The molecule has 3 aromatic carbocycles. The molecule has 130 valence electrons. The second kappa shape index (κ2) is 5.55. The third-order valence-electron chi connectivity index (χ3n) is 5.59. The van der Waals surface area contributed by atoms with Crippen molar-refractivity contribution in [2.75, 3.05) is 0 Å². The molecule has 1 aliphatic carbocycles. The molecule has 27 heavy (non-hydrogen) atoms. The summed E-state index contributed by atoms with van der Waals surface area (Å²) in [6, 6.07) is 25.0. The molecule has 4 nitrogen and oxygen atoms in total. The maximum Gasteiger partial charge on any atom is 0.136 e. The van der Waals surface area contributed by atoms with Crippen LogP contribution in [-0.4, -0.2) is 15.0 Å². The van der Waals surface area contributed by atoms with Gasteiger partial charge >= 0.3 is 0 Å². The van der Waals surface area contributed by atoms with Crippen molar-refractivity contribution in [3.8, 4) is 5.75 Å². The van der Waals surface area contributed by atoms with E-state index >= 15 is 0 Å². The molecule has 0 saturated carbocycles. The van der Waals surface area contributed by atoms with Gasteiger partial charge in [0.1, 0.15) is 23.1 Å². The van der Waals surface area contributed by atoms with E-state index in [2.05, 4.69) is 57.5 Å². The molecule has 1 aliphatic heterocycles. The Morgan fingerprint density at radius 1 is 0.852 bits per heavy atom. The number of aromatic nitrogens is 3. The van der Waals surface area contributed by atoms with Gasteiger partial charge in [0, 0.05) is 16.7 Å². The van der Waals surface area contributed by atoms with Crippen molar-refractivity contribution in [1.82, 2.24) is 15.0 Å². The summed E-state index contributed by atoms with van der Waals surface area (Å²) in [6.07, 6.45) is 1.98. The molecule has 1 aromatic heterocycles. The van der Waals surface area contributed by atoms with Crippen LogP contribution in [0.3, 0.4) is 0 Å². The Balaban J connectivity index is 1.65. The fourth-order valence-corrected chi connectivity index (χ4v) is 4.35. The van der Waals surface area contributed by atoms with E-state index in [0.717, 1.165) is 40.9 Å². The molecule has 1 unspecified atom stereocenters. The van der Waals surface area contributed by atoms with E-state index in [-0.39, 0.29) is 6.04 Å². The Bertz CT molecular complexity index is 1220. The average molecular weight is 351 g/mol. The minimum Gasteiger partial charge on any atom is -0.456 e. The lowest BCUT2D eigenvalue weighted by Crippen LogP contribution is -2.25. The Kier molecular flexibility index (Phi) is 3.03. The molecule has 2 aliphatic rings. The SMILES string of the molecule is c1ccc2c(c1)CCC1=C2Oc2ccccc2C1n1nnc2ccccc21. The maximum absolute atomic E-state index is 6.42. The number of hydrogen-bond donors (Lipinski definition) is 0. The first-order chi connectivity index (χ1) is 13.4. The normalized spacial score (nSPS) is 17.9. The van der Waals surface area contributed by atoms with Crippen LogP contribution in [0, 0.1) is 0 Å². The second-order valence-corrected chi connectivity index (χ2v) is 7.08. The van der Waals surface area contributed by atoms with Crippen LogP contribution in [-0.2, 0) is 6.42 Å². The van der Waals surface area contributed by atoms with Gasteiger partial charge in [0.15, 0.2) is 0 Å². The molecule has 0 N–H and O–H groups in total. The van der Waals surface area contributed by atoms with E-state index in [0.29, 0.717) is 0 Å². The Hall–Kier alpha value is -3.40. The predicted octanol–water partition coefficient (Wildman–Crippen LogP) is 4.77. The zero-order chi connectivity index (χ0) is 17.8. The topological polar surface area (TPSA) is 39.9 Å². The van der Waals surface area contributed by atoms with Crippen LogP contribution in [0.5, 0.6) is 5.75 Å². The van der Waals surface area contributed by atoms with Crippen LogP contribution in [0.4, 0.5) is 0 Å². The highest BCUT2D eigenvalue weighted by Gasteiger charge is 2.35. The van der Waals surface area contributed by atoms with E-state index in [1.165, 1.54) is 16.7 Å². The molecule has 0 amide bonds. The highest BCUT2D eigenvalue weighted by Crippen LogP contribution is 2.47. The zero-order valence-electron chi connectivity index (χ0n) is 14.7. The number of allylic oxidation sites excluding steroid dienone is 1. The van der Waals surface area contributed by atoms with Gasteiger partial charge in [0.2, 0.25) is 0 Å². The van der Waals surface area contributed by atoms with Gasteiger partial charge in [-0.1, -0.05) is 59.8 Å². The molecule has 1 atom stereocenters. The highest BCUT2D eigenvalue weighted by molar-refractivity contribution is 5.77. The minimum absolute atomic E-state index is 0.00528. The number of hydrogen-bond acceptors (Lipinski definition) is 3. The van der Waals surface area contributed by atoms with Gasteiger partial charge in [-0.3, -0.25) is 0 Å². The average Bonchev–Trinajstić information content (AvgIpc) is 3.16. The van der Waals surface area contributed by atoms with E-state index in [1.807, 2.05) is 30.3 Å². The third-order valence-corrected chi connectivity index (χ3v) is 5.59. The van der Waals surface area contributed by atoms with Crippen LogP contribution < -0.4 is 4.74 Å². The summed E-state index contributed by atoms with van der Waals surface area (Å²) in [5.74, 6) is 1.89. The fraction of sp³-hybridized carbons (Fsp3) is 0.130. The quantitative estimate of drug-likeness (QED) is 0.496. The molecule has 0 fully saturated rings. The van der Waals surface area contributed by atoms with E-state index in [1.54, 1.807) is 0 Å². The predicted molar refractivity (Wildman–Crippen MR) is 104 cm³/mol. The molecular formula is C23H17N3O. The van der Waals surface area contributed by atoms with Gasteiger partial charge in [0.05, 0.1) is 5.52 Å². The first-order valence-electron chi connectivity index (χ1n) is 9.28. The molecule has 6 rings (SSSR count). The van der Waals surface area contributed by atoms with Gasteiger partial charge < -0.3 is 4.74 Å². The lowest BCUT2D eigenvalue weighted by molar-refractivity contribution is 0.437. The molecule has 0 radical (unpaired) electrons. The minimum atomic E-state index is 0.00528. The number of rotatable bonds is 1. The Morgan fingerprint density at radius 2 is 1.67 bits per heavy atom. The first kappa shape index (κ1) is 14.7. The summed E-state index contributed by atoms with van der Waals surface area (Å²) in [7, 11) is 0. The lowest BCUT2D eigenvalue weighted by atomic mass is 9.83. The van der Waals surface area contributed by atoms with Crippen LogP contribution in [0.2, 0.25) is 0 Å². The van der Waals surface area contributed by atoms with E-state index in [4.69, 9.17) is 4.74 Å². The van der Waals surface area contributed by atoms with Crippen molar-refractivity contribution < 1.29 is 4.74 Å². The third kappa shape index (κ3) is 2.10. The monoisotopic (exact) mass is 351 g/mol. The maximum atomic E-state index is 6.42. The standard InChI is InChI=1S/C23H17N3O/c1-2-8-16-15(7-1)13-14-18-22(17-9-3-6-12-21(17)27-23(16)18)26-20-11-5-4-10-19(20)24-25-26/h1-12,22H,13-14H2. The van der Waals surface area contributed by atoms with E-state index in [9.17, 15) is 0 Å². The van der Waals surface area contributed by atoms with Crippen molar-refractivity contribution in [2.45, 2.75) is 18.9 Å².